The van der Waals surface area contributed by atoms with Crippen molar-refractivity contribution in [2.75, 3.05) is 5.32 Å². The highest BCUT2D eigenvalue weighted by Crippen LogP contribution is 2.24. The second-order valence-corrected chi connectivity index (χ2v) is 5.81. The topological polar surface area (TPSA) is 95.1 Å². The number of para-hydroxylation sites is 3. The largest absolute Gasteiger partial charge is 0.506 e. The molecule has 6 nitrogen and oxygen atoms in total. The Kier molecular flexibility index (Phi) is 4.72. The molecule has 0 aliphatic carbocycles. The van der Waals surface area contributed by atoms with Crippen molar-refractivity contribution in [1.29, 1.82) is 5.26 Å². The number of phenolic OH excluding ortho intramolecular Hbond substituents is 1. The van der Waals surface area contributed by atoms with Crippen molar-refractivity contribution in [3.05, 3.63) is 70.0 Å². The van der Waals surface area contributed by atoms with Gasteiger partial charge in [0.15, 0.2) is 0 Å². The first kappa shape index (κ1) is 17.2. The van der Waals surface area contributed by atoms with Gasteiger partial charge >= 0.3 is 0 Å². The SMILES string of the molecule is CCCn1c(=O)c(C(=O)Nc2ccccc2O)c(C#N)c2ccccc21. The third-order valence-corrected chi connectivity index (χ3v) is 4.11. The summed E-state index contributed by atoms with van der Waals surface area (Å²) in [5, 5.41) is 22.5. The quantitative estimate of drug-likeness (QED) is 0.708. The lowest BCUT2D eigenvalue weighted by Crippen LogP contribution is -2.31. The molecular weight excluding hydrogens is 330 g/mol. The van der Waals surface area contributed by atoms with Crippen LogP contribution < -0.4 is 10.9 Å². The van der Waals surface area contributed by atoms with Gasteiger partial charge in [0.25, 0.3) is 11.5 Å². The zero-order valence-electron chi connectivity index (χ0n) is 14.2. The molecule has 0 aliphatic rings. The summed E-state index contributed by atoms with van der Waals surface area (Å²) in [5.74, 6) is -0.835. The van der Waals surface area contributed by atoms with Crippen molar-refractivity contribution >= 4 is 22.5 Å². The first-order valence-corrected chi connectivity index (χ1v) is 8.23. The zero-order chi connectivity index (χ0) is 18.7. The van der Waals surface area contributed by atoms with Crippen molar-refractivity contribution in [1.82, 2.24) is 4.57 Å². The van der Waals surface area contributed by atoms with Crippen LogP contribution in [0.4, 0.5) is 5.69 Å². The van der Waals surface area contributed by atoms with E-state index in [-0.39, 0.29) is 22.6 Å². The van der Waals surface area contributed by atoms with Gasteiger partial charge < -0.3 is 15.0 Å². The van der Waals surface area contributed by atoms with Gasteiger partial charge in [-0.2, -0.15) is 5.26 Å². The maximum Gasteiger partial charge on any atom is 0.265 e. The first-order valence-electron chi connectivity index (χ1n) is 8.23. The number of rotatable bonds is 4. The van der Waals surface area contributed by atoms with Crippen molar-refractivity contribution in [3.8, 4) is 11.8 Å². The minimum Gasteiger partial charge on any atom is -0.506 e. The van der Waals surface area contributed by atoms with Gasteiger partial charge in [-0.3, -0.25) is 9.59 Å². The summed E-state index contributed by atoms with van der Waals surface area (Å²) in [4.78, 5) is 25.7. The molecule has 2 N–H and O–H groups in total. The Labute approximate surface area is 149 Å². The molecule has 0 spiro atoms. The molecule has 0 atom stereocenters. The highest BCUT2D eigenvalue weighted by molar-refractivity contribution is 6.09. The van der Waals surface area contributed by atoms with Crippen LogP contribution >= 0.6 is 0 Å². The number of fused-ring (bicyclic) bond motifs is 1. The molecule has 3 aromatic rings. The van der Waals surface area contributed by atoms with Gasteiger partial charge in [0.05, 0.1) is 16.8 Å². The fraction of sp³-hybridized carbons (Fsp3) is 0.150. The summed E-state index contributed by atoms with van der Waals surface area (Å²) in [6, 6.07) is 15.2. The van der Waals surface area contributed by atoms with Crippen molar-refractivity contribution < 1.29 is 9.90 Å². The molecule has 26 heavy (non-hydrogen) atoms. The monoisotopic (exact) mass is 347 g/mol. The molecule has 0 bridgehead atoms. The Morgan fingerprint density at radius 1 is 1.19 bits per heavy atom. The molecular formula is C20H17N3O3. The second kappa shape index (κ2) is 7.11. The number of amides is 1. The molecule has 130 valence electrons. The van der Waals surface area contributed by atoms with E-state index in [1.807, 2.05) is 13.0 Å². The standard InChI is InChI=1S/C20H17N3O3/c1-2-11-23-16-9-5-3-7-13(16)14(12-21)18(20(23)26)19(25)22-15-8-4-6-10-17(15)24/h3-10,24H,2,11H2,1H3,(H,22,25). The lowest BCUT2D eigenvalue weighted by molar-refractivity contribution is 0.102. The van der Waals surface area contributed by atoms with Gasteiger partial charge in [-0.1, -0.05) is 37.3 Å². The summed E-state index contributed by atoms with van der Waals surface area (Å²) >= 11 is 0. The number of aryl methyl sites for hydroxylation is 1. The van der Waals surface area contributed by atoms with E-state index in [0.717, 1.165) is 0 Å². The lowest BCUT2D eigenvalue weighted by atomic mass is 10.0. The van der Waals surface area contributed by atoms with Crippen LogP contribution in [0.15, 0.2) is 53.3 Å². The van der Waals surface area contributed by atoms with Crippen LogP contribution in [0.3, 0.4) is 0 Å². The number of aromatic nitrogens is 1. The third kappa shape index (κ3) is 2.91. The van der Waals surface area contributed by atoms with Crippen molar-refractivity contribution in [3.63, 3.8) is 0 Å². The van der Waals surface area contributed by atoms with Crippen LogP contribution in [0.1, 0.15) is 29.3 Å². The van der Waals surface area contributed by atoms with Gasteiger partial charge in [0.2, 0.25) is 0 Å². The van der Waals surface area contributed by atoms with Gasteiger partial charge in [-0.25, -0.2) is 0 Å². The molecule has 6 heteroatoms. The van der Waals surface area contributed by atoms with Crippen LogP contribution in [0, 0.1) is 11.3 Å². The number of pyridine rings is 1. The Balaban J connectivity index is 2.23. The Hall–Kier alpha value is -3.59. The van der Waals surface area contributed by atoms with Crippen LogP contribution in [0.5, 0.6) is 5.75 Å². The fourth-order valence-electron chi connectivity index (χ4n) is 2.94. The number of hydrogen-bond acceptors (Lipinski definition) is 4. The van der Waals surface area contributed by atoms with Crippen molar-refractivity contribution in [2.45, 2.75) is 19.9 Å². The molecule has 0 aliphatic heterocycles. The van der Waals surface area contributed by atoms with E-state index in [0.29, 0.717) is 23.9 Å². The van der Waals surface area contributed by atoms with Gasteiger partial charge in [0, 0.05) is 11.9 Å². The molecule has 1 aromatic heterocycles. The molecule has 0 saturated heterocycles. The van der Waals surface area contributed by atoms with Crippen LogP contribution in [0.25, 0.3) is 10.9 Å². The number of nitrogens with zero attached hydrogens (tertiary/aromatic N) is 2. The third-order valence-electron chi connectivity index (χ3n) is 4.11. The predicted molar refractivity (Wildman–Crippen MR) is 99.3 cm³/mol. The number of phenols is 1. The summed E-state index contributed by atoms with van der Waals surface area (Å²) in [6.45, 7) is 2.36. The number of nitriles is 1. The van der Waals surface area contributed by atoms with Crippen molar-refractivity contribution in [2.24, 2.45) is 0 Å². The number of anilines is 1. The molecule has 3 rings (SSSR count). The number of hydrogen-bond donors (Lipinski definition) is 2. The summed E-state index contributed by atoms with van der Waals surface area (Å²) in [6.07, 6.45) is 0.705. The lowest BCUT2D eigenvalue weighted by Gasteiger charge is -2.14. The molecule has 2 aromatic carbocycles. The average Bonchev–Trinajstić information content (AvgIpc) is 2.65. The van der Waals surface area contributed by atoms with E-state index in [9.17, 15) is 20.0 Å². The molecule has 0 fully saturated rings. The number of aromatic hydroxyl groups is 1. The minimum absolute atomic E-state index is 0.0332. The minimum atomic E-state index is -0.719. The highest BCUT2D eigenvalue weighted by atomic mass is 16.3. The summed E-state index contributed by atoms with van der Waals surface area (Å²) in [5.41, 5.74) is 0.0924. The van der Waals surface area contributed by atoms with E-state index in [4.69, 9.17) is 0 Å². The Morgan fingerprint density at radius 2 is 1.88 bits per heavy atom. The molecule has 0 saturated carbocycles. The molecule has 1 heterocycles. The van der Waals surface area contributed by atoms with E-state index in [1.165, 1.54) is 16.7 Å². The normalized spacial score (nSPS) is 10.5. The zero-order valence-corrected chi connectivity index (χ0v) is 14.2. The number of carbonyl (C=O) groups excluding carboxylic acids is 1. The van der Waals surface area contributed by atoms with Crippen LogP contribution in [-0.2, 0) is 6.54 Å². The van der Waals surface area contributed by atoms with E-state index >= 15 is 0 Å². The number of nitrogens with one attached hydrogen (secondary N) is 1. The van der Waals surface area contributed by atoms with E-state index in [1.54, 1.807) is 36.4 Å². The molecule has 0 radical (unpaired) electrons. The summed E-state index contributed by atoms with van der Waals surface area (Å²) in [7, 11) is 0. The Morgan fingerprint density at radius 3 is 2.58 bits per heavy atom. The Bertz CT molecular complexity index is 1090. The van der Waals surface area contributed by atoms with E-state index in [2.05, 4.69) is 5.32 Å². The smallest absolute Gasteiger partial charge is 0.265 e. The highest BCUT2D eigenvalue weighted by Gasteiger charge is 2.22. The summed E-state index contributed by atoms with van der Waals surface area (Å²) < 4.78 is 1.51. The predicted octanol–water partition coefficient (Wildman–Crippen LogP) is 3.24. The van der Waals surface area contributed by atoms with E-state index < -0.39 is 11.5 Å². The molecule has 0 unspecified atom stereocenters. The van der Waals surface area contributed by atoms with Crippen LogP contribution in [0.2, 0.25) is 0 Å². The van der Waals surface area contributed by atoms with Gasteiger partial charge in [-0.15, -0.1) is 0 Å². The maximum atomic E-state index is 13.0. The maximum absolute atomic E-state index is 13.0. The average molecular weight is 347 g/mol. The van der Waals surface area contributed by atoms with Crippen LogP contribution in [-0.4, -0.2) is 15.6 Å². The van der Waals surface area contributed by atoms with Gasteiger partial charge in [0.1, 0.15) is 17.4 Å². The molecule has 1 amide bonds. The number of benzene rings is 2. The van der Waals surface area contributed by atoms with Gasteiger partial charge in [-0.05, 0) is 24.6 Å². The first-order chi connectivity index (χ1) is 12.6. The second-order valence-electron chi connectivity index (χ2n) is 5.81. The fourth-order valence-corrected chi connectivity index (χ4v) is 2.94. The number of carbonyl (C=O) groups is 1.